The molecule has 4 aromatic rings. The molecule has 1 aliphatic rings. The first kappa shape index (κ1) is 18.8. The van der Waals surface area contributed by atoms with Crippen LogP contribution in [0.25, 0.3) is 22.0 Å². The number of hydrogen-bond acceptors (Lipinski definition) is 8. The summed E-state index contributed by atoms with van der Waals surface area (Å²) in [6.07, 6.45) is 9.81. The van der Waals surface area contributed by atoms with Crippen LogP contribution in [-0.4, -0.2) is 43.5 Å². The first-order chi connectivity index (χ1) is 14.8. The molecule has 3 aromatic heterocycles. The van der Waals surface area contributed by atoms with Crippen LogP contribution in [0, 0.1) is 0 Å². The number of nitrogens with zero attached hydrogens (tertiary/aromatic N) is 6. The van der Waals surface area contributed by atoms with Crippen molar-refractivity contribution in [2.75, 3.05) is 13.7 Å². The standard InChI is InChI=1S/C22H20N6OS/c1-29-18-4-2-3-15(7-18)22-26-11-19(30-22)13-28-6-5-20-17(12-28)10-25-21(27-20)16-8-23-14-24-9-16/h2-4,7-11,14H,5-6,12-13H2,1H3. The predicted molar refractivity (Wildman–Crippen MR) is 115 cm³/mol. The van der Waals surface area contributed by atoms with Crippen molar-refractivity contribution < 1.29 is 4.74 Å². The Morgan fingerprint density at radius 2 is 1.97 bits per heavy atom. The third-order valence-corrected chi connectivity index (χ3v) is 6.11. The lowest BCUT2D eigenvalue weighted by molar-refractivity contribution is 0.245. The van der Waals surface area contributed by atoms with Crippen molar-refractivity contribution in [1.82, 2.24) is 29.8 Å². The molecule has 0 saturated carbocycles. The molecule has 1 aliphatic heterocycles. The SMILES string of the molecule is COc1cccc(-c2ncc(CN3CCc4nc(-c5cncnc5)ncc4C3)s2)c1. The molecular formula is C22H20N6OS. The zero-order valence-electron chi connectivity index (χ0n) is 16.5. The number of rotatable bonds is 5. The highest BCUT2D eigenvalue weighted by atomic mass is 32.1. The largest absolute Gasteiger partial charge is 0.497 e. The van der Waals surface area contributed by atoms with Gasteiger partial charge in [0.1, 0.15) is 17.1 Å². The van der Waals surface area contributed by atoms with E-state index in [-0.39, 0.29) is 0 Å². The van der Waals surface area contributed by atoms with Crippen LogP contribution < -0.4 is 4.74 Å². The van der Waals surface area contributed by atoms with Crippen LogP contribution >= 0.6 is 11.3 Å². The summed E-state index contributed by atoms with van der Waals surface area (Å²) < 4.78 is 5.32. The lowest BCUT2D eigenvalue weighted by atomic mass is 10.1. The van der Waals surface area contributed by atoms with Gasteiger partial charge < -0.3 is 4.74 Å². The smallest absolute Gasteiger partial charge is 0.162 e. The number of methoxy groups -OCH3 is 1. The summed E-state index contributed by atoms with van der Waals surface area (Å²) in [7, 11) is 1.68. The number of aromatic nitrogens is 5. The summed E-state index contributed by atoms with van der Waals surface area (Å²) in [6, 6.07) is 8.02. The normalized spacial score (nSPS) is 13.8. The van der Waals surface area contributed by atoms with Crippen LogP contribution in [0.2, 0.25) is 0 Å². The minimum atomic E-state index is 0.688. The molecule has 0 saturated heterocycles. The number of benzene rings is 1. The van der Waals surface area contributed by atoms with Gasteiger partial charge in [0, 0.05) is 66.8 Å². The molecule has 0 atom stereocenters. The quantitative estimate of drug-likeness (QED) is 0.492. The summed E-state index contributed by atoms with van der Waals surface area (Å²) in [6.45, 7) is 2.67. The summed E-state index contributed by atoms with van der Waals surface area (Å²) >= 11 is 1.73. The molecule has 1 aromatic carbocycles. The van der Waals surface area contributed by atoms with Gasteiger partial charge >= 0.3 is 0 Å². The topological polar surface area (TPSA) is 76.9 Å². The van der Waals surface area contributed by atoms with E-state index in [4.69, 9.17) is 9.72 Å². The van der Waals surface area contributed by atoms with Crippen LogP contribution in [0.15, 0.2) is 55.4 Å². The zero-order chi connectivity index (χ0) is 20.3. The van der Waals surface area contributed by atoms with Gasteiger partial charge in [-0.25, -0.2) is 24.9 Å². The number of ether oxygens (including phenoxy) is 1. The molecule has 0 radical (unpaired) electrons. The Hall–Kier alpha value is -3.23. The second-order valence-electron chi connectivity index (χ2n) is 7.12. The lowest BCUT2D eigenvalue weighted by Crippen LogP contribution is -2.30. The van der Waals surface area contributed by atoms with Gasteiger partial charge in [0.25, 0.3) is 0 Å². The van der Waals surface area contributed by atoms with Crippen molar-refractivity contribution in [2.45, 2.75) is 19.5 Å². The molecule has 0 spiro atoms. The summed E-state index contributed by atoms with van der Waals surface area (Å²) in [4.78, 5) is 25.7. The fraction of sp³-hybridized carbons (Fsp3) is 0.227. The highest BCUT2D eigenvalue weighted by Gasteiger charge is 2.20. The van der Waals surface area contributed by atoms with Crippen LogP contribution in [0.3, 0.4) is 0 Å². The second kappa shape index (κ2) is 8.25. The van der Waals surface area contributed by atoms with E-state index in [1.165, 1.54) is 16.8 Å². The Bertz CT molecular complexity index is 1160. The molecule has 150 valence electrons. The number of thiazole rings is 1. The third-order valence-electron chi connectivity index (χ3n) is 5.08. The second-order valence-corrected chi connectivity index (χ2v) is 8.23. The van der Waals surface area contributed by atoms with Gasteiger partial charge in [-0.15, -0.1) is 11.3 Å². The van der Waals surface area contributed by atoms with E-state index in [1.54, 1.807) is 30.8 Å². The lowest BCUT2D eigenvalue weighted by Gasteiger charge is -2.27. The maximum Gasteiger partial charge on any atom is 0.162 e. The van der Waals surface area contributed by atoms with Gasteiger partial charge in [-0.1, -0.05) is 12.1 Å². The highest BCUT2D eigenvalue weighted by molar-refractivity contribution is 7.15. The molecule has 7 nitrogen and oxygen atoms in total. The van der Waals surface area contributed by atoms with Crippen molar-refractivity contribution in [2.24, 2.45) is 0 Å². The molecule has 0 amide bonds. The monoisotopic (exact) mass is 416 g/mol. The van der Waals surface area contributed by atoms with E-state index in [2.05, 4.69) is 30.9 Å². The Morgan fingerprint density at radius 1 is 1.07 bits per heavy atom. The molecule has 0 aliphatic carbocycles. The number of fused-ring (bicyclic) bond motifs is 1. The average molecular weight is 417 g/mol. The van der Waals surface area contributed by atoms with Crippen molar-refractivity contribution >= 4 is 11.3 Å². The van der Waals surface area contributed by atoms with E-state index in [0.29, 0.717) is 5.82 Å². The Balaban J connectivity index is 1.28. The Labute approximate surface area is 178 Å². The van der Waals surface area contributed by atoms with Crippen LogP contribution in [0.5, 0.6) is 5.75 Å². The summed E-state index contributed by atoms with van der Waals surface area (Å²) in [5, 5.41) is 1.01. The van der Waals surface area contributed by atoms with E-state index < -0.39 is 0 Å². The first-order valence-corrected chi connectivity index (χ1v) is 10.5. The van der Waals surface area contributed by atoms with Crippen LogP contribution in [0.4, 0.5) is 0 Å². The summed E-state index contributed by atoms with van der Waals surface area (Å²) in [5.74, 6) is 1.53. The maximum atomic E-state index is 5.32. The fourth-order valence-electron chi connectivity index (χ4n) is 3.55. The van der Waals surface area contributed by atoms with Crippen LogP contribution in [0.1, 0.15) is 16.1 Å². The third kappa shape index (κ3) is 3.92. The van der Waals surface area contributed by atoms with Gasteiger partial charge in [-0.3, -0.25) is 4.90 Å². The number of hydrogen-bond donors (Lipinski definition) is 0. The zero-order valence-corrected chi connectivity index (χ0v) is 17.3. The van der Waals surface area contributed by atoms with Gasteiger partial charge in [-0.05, 0) is 12.1 Å². The molecular weight excluding hydrogens is 396 g/mol. The molecule has 4 heterocycles. The van der Waals surface area contributed by atoms with Crippen molar-refractivity contribution in [1.29, 1.82) is 0 Å². The maximum absolute atomic E-state index is 5.32. The first-order valence-electron chi connectivity index (χ1n) is 9.70. The van der Waals surface area contributed by atoms with Crippen molar-refractivity contribution in [3.8, 4) is 27.7 Å². The molecule has 0 bridgehead atoms. The predicted octanol–water partition coefficient (Wildman–Crippen LogP) is 3.62. The van der Waals surface area contributed by atoms with E-state index >= 15 is 0 Å². The highest BCUT2D eigenvalue weighted by Crippen LogP contribution is 2.29. The van der Waals surface area contributed by atoms with Gasteiger partial charge in [0.05, 0.1) is 18.4 Å². The average Bonchev–Trinajstić information content (AvgIpc) is 3.28. The van der Waals surface area contributed by atoms with Crippen molar-refractivity contribution in [3.63, 3.8) is 0 Å². The molecule has 0 unspecified atom stereocenters. The van der Waals surface area contributed by atoms with E-state index in [9.17, 15) is 0 Å². The van der Waals surface area contributed by atoms with Gasteiger partial charge in [-0.2, -0.15) is 0 Å². The molecule has 5 rings (SSSR count). The molecule has 30 heavy (non-hydrogen) atoms. The minimum absolute atomic E-state index is 0.688. The van der Waals surface area contributed by atoms with Crippen LogP contribution in [-0.2, 0) is 19.5 Å². The van der Waals surface area contributed by atoms with Gasteiger partial charge in [0.15, 0.2) is 5.82 Å². The molecule has 0 fully saturated rings. The fourth-order valence-corrected chi connectivity index (χ4v) is 4.50. The Morgan fingerprint density at radius 3 is 2.83 bits per heavy atom. The summed E-state index contributed by atoms with van der Waals surface area (Å²) in [5.41, 5.74) is 4.22. The van der Waals surface area contributed by atoms with Crippen molar-refractivity contribution in [3.05, 3.63) is 71.5 Å². The van der Waals surface area contributed by atoms with E-state index in [0.717, 1.165) is 53.6 Å². The minimum Gasteiger partial charge on any atom is -0.497 e. The van der Waals surface area contributed by atoms with E-state index in [1.807, 2.05) is 30.6 Å². The van der Waals surface area contributed by atoms with Gasteiger partial charge in [0.2, 0.25) is 0 Å². The molecule has 0 N–H and O–H groups in total. The molecule has 8 heteroatoms. The Kier molecular flexibility index (Phi) is 5.17.